The quantitative estimate of drug-likeness (QED) is 0.506. The Morgan fingerprint density at radius 2 is 1.03 bits per heavy atom. The van der Waals surface area contributed by atoms with E-state index >= 15 is 0 Å². The molecule has 0 aromatic heterocycles. The fourth-order valence-corrected chi connectivity index (χ4v) is 16.4. The van der Waals surface area contributed by atoms with Crippen molar-refractivity contribution in [1.29, 1.82) is 0 Å². The number of nitrogens with zero attached hydrogens (tertiary/aromatic N) is 2. The minimum absolute atomic E-state index is 0.0434. The number of fused-ring (bicyclic) bond motifs is 2. The van der Waals surface area contributed by atoms with Crippen LogP contribution >= 0.6 is 0 Å². The minimum Gasteiger partial charge on any atom is -0.273 e. The van der Waals surface area contributed by atoms with Crippen molar-refractivity contribution < 1.29 is 26.4 Å². The summed E-state index contributed by atoms with van der Waals surface area (Å²) in [6.07, 6.45) is 7.18. The van der Waals surface area contributed by atoms with Gasteiger partial charge in [0.15, 0.2) is 0 Å². The highest BCUT2D eigenvalue weighted by atomic mass is 32.2. The minimum atomic E-state index is -3.72. The zero-order chi connectivity index (χ0) is 27.3. The fourth-order valence-electron chi connectivity index (χ4n) is 11.2. The van der Waals surface area contributed by atoms with Gasteiger partial charge < -0.3 is 0 Å². The first kappa shape index (κ1) is 25.8. The molecule has 2 amide bonds. The van der Waals surface area contributed by atoms with Crippen molar-refractivity contribution in [1.82, 2.24) is 8.61 Å². The molecule has 0 aromatic rings. The normalized spacial score (nSPS) is 48.3. The number of amides is 2. The van der Waals surface area contributed by atoms with Crippen LogP contribution in [0.4, 0.5) is 0 Å². The number of hydrogen-bond donors (Lipinski definition) is 0. The molecule has 2 unspecified atom stereocenters. The first-order valence-electron chi connectivity index (χ1n) is 14.7. The number of carbonyl (C=O) groups excluding carboxylic acids is 2. The van der Waals surface area contributed by atoms with Crippen LogP contribution < -0.4 is 0 Å². The third-order valence-corrected chi connectivity index (χ3v) is 17.5. The van der Waals surface area contributed by atoms with E-state index in [-0.39, 0.29) is 63.5 Å². The van der Waals surface area contributed by atoms with Gasteiger partial charge in [0.2, 0.25) is 31.9 Å². The van der Waals surface area contributed by atoms with Crippen LogP contribution in [0.2, 0.25) is 0 Å². The van der Waals surface area contributed by atoms with E-state index in [9.17, 15) is 26.4 Å². The topological polar surface area (TPSA) is 109 Å². The van der Waals surface area contributed by atoms with E-state index < -0.39 is 31.9 Å². The second-order valence-corrected chi connectivity index (χ2v) is 18.8. The van der Waals surface area contributed by atoms with Gasteiger partial charge in [0.25, 0.3) is 0 Å². The molecule has 0 N–H and O–H groups in total. The number of rotatable bonds is 2. The lowest BCUT2D eigenvalue weighted by molar-refractivity contribution is -0.138. The highest BCUT2D eigenvalue weighted by molar-refractivity contribution is 7.90. The summed E-state index contributed by atoms with van der Waals surface area (Å²) >= 11 is 0. The van der Waals surface area contributed by atoms with Crippen molar-refractivity contribution in [3.05, 3.63) is 0 Å². The summed E-state index contributed by atoms with van der Waals surface area (Å²) < 4.78 is 56.3. The molecule has 2 spiro atoms. The van der Waals surface area contributed by atoms with E-state index in [1.54, 1.807) is 0 Å². The number of hydrogen-bond acceptors (Lipinski definition) is 6. The summed E-state index contributed by atoms with van der Waals surface area (Å²) in [5, 5.41) is 0. The molecule has 0 aromatic carbocycles. The Labute approximate surface area is 227 Å². The van der Waals surface area contributed by atoms with Gasteiger partial charge in [-0.2, -0.15) is 0 Å². The average Bonchev–Trinajstić information content (AvgIpc) is 3.52. The Kier molecular flexibility index (Phi) is 5.00. The zero-order valence-corrected chi connectivity index (χ0v) is 24.7. The van der Waals surface area contributed by atoms with Crippen LogP contribution in [0, 0.1) is 45.3 Å². The SMILES string of the molecule is CC1(C)C2CC[C@@]13CS(=O)(=O)N(C(=O)[C@H]1CCC[C@H](C(=O)N4[C@H]5CC6CC[C@@]5(CS4(=O)=O)C6(C)C)C1)[C@H]3C2. The summed E-state index contributed by atoms with van der Waals surface area (Å²) in [5.74, 6) is -0.871. The highest BCUT2D eigenvalue weighted by Crippen LogP contribution is 2.71. The smallest absolute Gasteiger partial charge is 0.239 e. The fraction of sp³-hybridized carbons (Fsp3) is 0.929. The van der Waals surface area contributed by atoms with Gasteiger partial charge in [-0.15, -0.1) is 0 Å². The molecule has 7 rings (SSSR count). The monoisotopic (exact) mass is 566 g/mol. The molecule has 212 valence electrons. The highest BCUT2D eigenvalue weighted by Gasteiger charge is 2.74. The Balaban J connectivity index is 1.14. The lowest BCUT2D eigenvalue weighted by Crippen LogP contribution is -2.49. The summed E-state index contributed by atoms with van der Waals surface area (Å²) in [6, 6.07) is -0.556. The molecule has 5 saturated carbocycles. The predicted molar refractivity (Wildman–Crippen MR) is 141 cm³/mol. The third kappa shape index (κ3) is 2.82. The summed E-state index contributed by atoms with van der Waals surface area (Å²) in [7, 11) is -7.44. The maximum Gasteiger partial charge on any atom is 0.239 e. The second kappa shape index (κ2) is 7.37. The van der Waals surface area contributed by atoms with Crippen LogP contribution in [0.1, 0.15) is 91.9 Å². The number of sulfonamides is 2. The summed E-state index contributed by atoms with van der Waals surface area (Å²) in [4.78, 5) is 27.9. The van der Waals surface area contributed by atoms with E-state index in [1.165, 1.54) is 8.61 Å². The van der Waals surface area contributed by atoms with Crippen molar-refractivity contribution in [2.45, 2.75) is 104 Å². The molecule has 8 atom stereocenters. The predicted octanol–water partition coefficient (Wildman–Crippen LogP) is 3.53. The third-order valence-electron chi connectivity index (χ3n) is 13.6. The Bertz CT molecular complexity index is 1240. The molecule has 8 nitrogen and oxygen atoms in total. The van der Waals surface area contributed by atoms with Crippen LogP contribution in [-0.4, -0.2) is 60.8 Å². The lowest BCUT2D eigenvalue weighted by atomic mass is 9.68. The second-order valence-electron chi connectivity index (χ2n) is 15.1. The van der Waals surface area contributed by atoms with Crippen LogP contribution in [0.15, 0.2) is 0 Å². The molecule has 7 aliphatic rings. The zero-order valence-electron chi connectivity index (χ0n) is 23.1. The molecule has 7 fully saturated rings. The molecular weight excluding hydrogens is 524 g/mol. The van der Waals surface area contributed by atoms with Gasteiger partial charge in [0, 0.05) is 22.7 Å². The van der Waals surface area contributed by atoms with Gasteiger partial charge in [0.05, 0.1) is 23.6 Å². The van der Waals surface area contributed by atoms with E-state index in [4.69, 9.17) is 0 Å². The Hall–Kier alpha value is -1.16. The van der Waals surface area contributed by atoms with Crippen LogP contribution in [0.3, 0.4) is 0 Å². The van der Waals surface area contributed by atoms with Crippen molar-refractivity contribution >= 4 is 31.9 Å². The van der Waals surface area contributed by atoms with Gasteiger partial charge in [-0.1, -0.05) is 34.1 Å². The molecule has 10 heteroatoms. The van der Waals surface area contributed by atoms with Crippen molar-refractivity contribution in [2.75, 3.05) is 11.5 Å². The van der Waals surface area contributed by atoms with Gasteiger partial charge in [0.1, 0.15) is 0 Å². The van der Waals surface area contributed by atoms with Crippen LogP contribution in [0.25, 0.3) is 0 Å². The molecule has 2 heterocycles. The molecule has 2 saturated heterocycles. The van der Waals surface area contributed by atoms with E-state index in [1.807, 2.05) is 0 Å². The molecular formula is C28H42N2O6S2. The van der Waals surface area contributed by atoms with Gasteiger partial charge in [-0.25, -0.2) is 25.4 Å². The van der Waals surface area contributed by atoms with Crippen LogP contribution in [-0.2, 0) is 29.6 Å². The van der Waals surface area contributed by atoms with E-state index in [0.717, 1.165) is 38.5 Å². The van der Waals surface area contributed by atoms with E-state index in [2.05, 4.69) is 27.7 Å². The molecule has 4 bridgehead atoms. The average molecular weight is 567 g/mol. The summed E-state index contributed by atoms with van der Waals surface area (Å²) in [6.45, 7) is 8.68. The lowest BCUT2D eigenvalue weighted by Gasteiger charge is -2.39. The Morgan fingerprint density at radius 1 is 0.632 bits per heavy atom. The number of carbonyl (C=O) groups is 2. The maximum absolute atomic E-state index is 13.9. The summed E-state index contributed by atoms with van der Waals surface area (Å²) in [5.41, 5.74) is -0.968. The molecule has 5 aliphatic carbocycles. The van der Waals surface area contributed by atoms with Crippen molar-refractivity contribution in [3.8, 4) is 0 Å². The van der Waals surface area contributed by atoms with Crippen molar-refractivity contribution in [3.63, 3.8) is 0 Å². The largest absolute Gasteiger partial charge is 0.273 e. The molecule has 0 radical (unpaired) electrons. The first-order valence-corrected chi connectivity index (χ1v) is 17.9. The Morgan fingerprint density at radius 3 is 1.39 bits per heavy atom. The van der Waals surface area contributed by atoms with Crippen LogP contribution in [0.5, 0.6) is 0 Å². The van der Waals surface area contributed by atoms with E-state index in [0.29, 0.717) is 31.1 Å². The first-order chi connectivity index (χ1) is 17.6. The molecule has 2 aliphatic heterocycles. The van der Waals surface area contributed by atoms with Gasteiger partial charge in [-0.05, 0) is 80.5 Å². The van der Waals surface area contributed by atoms with Crippen molar-refractivity contribution in [2.24, 2.45) is 45.3 Å². The van der Waals surface area contributed by atoms with Gasteiger partial charge >= 0.3 is 0 Å². The standard InChI is InChI=1S/C28H42N2O6S2/c1-25(2)19-8-10-27(25)15-37(33,34)29(21(27)13-19)23(31)17-6-5-7-18(12-17)24(32)30-22-14-20-9-11-28(22,26(20,3)4)16-38(30,35)36/h17-22H,5-16H2,1-4H3/t17-,18-,19?,20?,21-,22-,27-,28-/m0/s1. The molecule has 38 heavy (non-hydrogen) atoms. The van der Waals surface area contributed by atoms with Gasteiger partial charge in [-0.3, -0.25) is 9.59 Å². The maximum atomic E-state index is 13.9.